The van der Waals surface area contributed by atoms with Gasteiger partial charge in [0.2, 0.25) is 0 Å². The Morgan fingerprint density at radius 2 is 2.00 bits per heavy atom. The molecule has 0 heterocycles. The van der Waals surface area contributed by atoms with Gasteiger partial charge in [-0.25, -0.2) is 0 Å². The molecule has 0 aromatic rings. The Morgan fingerprint density at radius 1 is 1.29 bits per heavy atom. The maximum absolute atomic E-state index is 11.3. The zero-order valence-corrected chi connectivity index (χ0v) is 9.29. The number of carbonyl (C=O) groups is 1. The average Bonchev–Trinajstić information content (AvgIpc) is 2.19. The van der Waals surface area contributed by atoms with E-state index in [9.17, 15) is 4.79 Å². The first-order valence-corrected chi connectivity index (χ1v) is 5.53. The molecule has 14 heavy (non-hydrogen) atoms. The van der Waals surface area contributed by atoms with Crippen LogP contribution in [-0.2, 0) is 9.53 Å². The zero-order chi connectivity index (χ0) is 10.8. The molecule has 0 radical (unpaired) electrons. The van der Waals surface area contributed by atoms with Crippen LogP contribution in [0.4, 0.5) is 0 Å². The Hall–Kier alpha value is -0.570. The highest BCUT2D eigenvalue weighted by Crippen LogP contribution is 2.05. The van der Waals surface area contributed by atoms with Gasteiger partial charge in [0.1, 0.15) is 0 Å². The third-order valence-electron chi connectivity index (χ3n) is 2.29. The third-order valence-corrected chi connectivity index (χ3v) is 2.29. The number of aliphatic hydroxyl groups is 1. The predicted octanol–water partition coefficient (Wildman–Crippen LogP) is 2.13. The van der Waals surface area contributed by atoms with E-state index in [0.717, 1.165) is 12.8 Å². The highest BCUT2D eigenvalue weighted by molar-refractivity contribution is 5.72. The summed E-state index contributed by atoms with van der Waals surface area (Å²) in [5.74, 6) is -0.590. The molecule has 3 nitrogen and oxygen atoms in total. The monoisotopic (exact) mass is 202 g/mol. The van der Waals surface area contributed by atoms with E-state index < -0.39 is 0 Å². The lowest BCUT2D eigenvalue weighted by Crippen LogP contribution is -2.20. The van der Waals surface area contributed by atoms with Gasteiger partial charge in [-0.05, 0) is 12.8 Å². The van der Waals surface area contributed by atoms with E-state index in [0.29, 0.717) is 13.0 Å². The van der Waals surface area contributed by atoms with Gasteiger partial charge in [-0.15, -0.1) is 0 Å². The summed E-state index contributed by atoms with van der Waals surface area (Å²) in [6, 6.07) is 0. The molecule has 84 valence electrons. The van der Waals surface area contributed by atoms with Crippen molar-refractivity contribution in [1.29, 1.82) is 0 Å². The number of esters is 1. The minimum absolute atomic E-state index is 0.107. The molecule has 0 aromatic carbocycles. The summed E-state index contributed by atoms with van der Waals surface area (Å²) in [4.78, 5) is 11.3. The van der Waals surface area contributed by atoms with Crippen molar-refractivity contribution < 1.29 is 14.6 Å². The molecule has 0 fully saturated rings. The number of hydrogen-bond acceptors (Lipinski definition) is 3. The van der Waals surface area contributed by atoms with Crippen molar-refractivity contribution in [3.8, 4) is 0 Å². The minimum atomic E-state index is -0.332. The number of unbranched alkanes of at least 4 members (excludes halogenated alkanes) is 3. The van der Waals surface area contributed by atoms with Gasteiger partial charge in [0.25, 0.3) is 0 Å². The molecule has 0 aliphatic rings. The lowest BCUT2D eigenvalue weighted by molar-refractivity contribution is -0.150. The second-order valence-corrected chi connectivity index (χ2v) is 3.52. The molecule has 1 N–H and O–H groups in total. The smallest absolute Gasteiger partial charge is 0.311 e. The summed E-state index contributed by atoms with van der Waals surface area (Å²) in [5, 5.41) is 8.84. The van der Waals surface area contributed by atoms with Gasteiger partial charge in [0, 0.05) is 0 Å². The number of rotatable bonds is 8. The van der Waals surface area contributed by atoms with Gasteiger partial charge >= 0.3 is 5.97 Å². The summed E-state index contributed by atoms with van der Waals surface area (Å²) in [5.41, 5.74) is 0. The van der Waals surface area contributed by atoms with Gasteiger partial charge in [0.15, 0.2) is 0 Å². The molecule has 1 atom stereocenters. The molecule has 0 spiro atoms. The number of hydrogen-bond donors (Lipinski definition) is 1. The van der Waals surface area contributed by atoms with E-state index in [-0.39, 0.29) is 18.5 Å². The van der Waals surface area contributed by atoms with Crippen LogP contribution in [0.2, 0.25) is 0 Å². The highest BCUT2D eigenvalue weighted by Gasteiger charge is 2.15. The van der Waals surface area contributed by atoms with Crippen molar-refractivity contribution in [1.82, 2.24) is 0 Å². The van der Waals surface area contributed by atoms with Crippen LogP contribution in [0.3, 0.4) is 0 Å². The minimum Gasteiger partial charge on any atom is -0.465 e. The quantitative estimate of drug-likeness (QED) is 0.484. The first-order valence-electron chi connectivity index (χ1n) is 5.53. The molecule has 0 amide bonds. The fourth-order valence-corrected chi connectivity index (χ4v) is 1.19. The van der Waals surface area contributed by atoms with Gasteiger partial charge in [-0.3, -0.25) is 4.79 Å². The van der Waals surface area contributed by atoms with Crippen molar-refractivity contribution in [3.05, 3.63) is 0 Å². The molecule has 0 saturated carbocycles. The van der Waals surface area contributed by atoms with Crippen LogP contribution in [0, 0.1) is 5.92 Å². The molecular formula is C11H22O3. The molecule has 0 aliphatic carbocycles. The summed E-state index contributed by atoms with van der Waals surface area (Å²) in [6.45, 7) is 4.41. The van der Waals surface area contributed by atoms with Gasteiger partial charge in [-0.2, -0.15) is 0 Å². The Morgan fingerprint density at radius 3 is 2.50 bits per heavy atom. The maximum atomic E-state index is 11.3. The summed E-state index contributed by atoms with van der Waals surface area (Å²) in [6.07, 6.45) is 5.06. The van der Waals surface area contributed by atoms with E-state index in [4.69, 9.17) is 9.84 Å². The fraction of sp³-hybridized carbons (Fsp3) is 0.909. The van der Waals surface area contributed by atoms with Crippen LogP contribution in [0.1, 0.15) is 46.0 Å². The van der Waals surface area contributed by atoms with Crippen LogP contribution < -0.4 is 0 Å². The Kier molecular flexibility index (Phi) is 8.64. The van der Waals surface area contributed by atoms with Crippen molar-refractivity contribution in [2.24, 2.45) is 5.92 Å². The normalized spacial score (nSPS) is 12.5. The zero-order valence-electron chi connectivity index (χ0n) is 9.29. The third kappa shape index (κ3) is 5.97. The van der Waals surface area contributed by atoms with Crippen LogP contribution in [-0.4, -0.2) is 24.3 Å². The van der Waals surface area contributed by atoms with Crippen molar-refractivity contribution in [2.75, 3.05) is 13.2 Å². The Labute approximate surface area is 86.5 Å². The van der Waals surface area contributed by atoms with E-state index >= 15 is 0 Å². The van der Waals surface area contributed by atoms with Crippen LogP contribution >= 0.6 is 0 Å². The summed E-state index contributed by atoms with van der Waals surface area (Å²) < 4.78 is 5.03. The molecule has 3 heteroatoms. The van der Waals surface area contributed by atoms with E-state index in [1.165, 1.54) is 12.8 Å². The first kappa shape index (κ1) is 13.4. The van der Waals surface area contributed by atoms with E-state index in [2.05, 4.69) is 6.92 Å². The number of carbonyl (C=O) groups excluding carboxylic acids is 1. The summed E-state index contributed by atoms with van der Waals surface area (Å²) in [7, 11) is 0. The Bertz CT molecular complexity index is 141. The average molecular weight is 202 g/mol. The lowest BCUT2D eigenvalue weighted by Gasteiger charge is -2.10. The molecule has 0 aromatic heterocycles. The lowest BCUT2D eigenvalue weighted by atomic mass is 10.1. The predicted molar refractivity (Wildman–Crippen MR) is 56.0 cm³/mol. The topological polar surface area (TPSA) is 46.5 Å². The molecule has 1 unspecified atom stereocenters. The molecule has 0 aliphatic heterocycles. The van der Waals surface area contributed by atoms with Crippen LogP contribution in [0.25, 0.3) is 0 Å². The standard InChI is InChI=1S/C11H22O3/c1-3-5-6-7-8-14-11(13)10(4-2)9-12/h10,12H,3-9H2,1-2H3. The SMILES string of the molecule is CCCCCCOC(=O)C(CC)CO. The maximum Gasteiger partial charge on any atom is 0.311 e. The van der Waals surface area contributed by atoms with Crippen molar-refractivity contribution in [2.45, 2.75) is 46.0 Å². The molecule has 0 saturated heterocycles. The van der Waals surface area contributed by atoms with E-state index in [1.54, 1.807) is 0 Å². The van der Waals surface area contributed by atoms with Crippen LogP contribution in [0.15, 0.2) is 0 Å². The molecule has 0 bridgehead atoms. The number of aliphatic hydroxyl groups excluding tert-OH is 1. The second-order valence-electron chi connectivity index (χ2n) is 3.52. The van der Waals surface area contributed by atoms with Gasteiger partial charge in [0.05, 0.1) is 19.1 Å². The molecule has 0 rings (SSSR count). The first-order chi connectivity index (χ1) is 6.76. The second kappa shape index (κ2) is 9.00. The van der Waals surface area contributed by atoms with Gasteiger partial charge < -0.3 is 9.84 Å². The largest absolute Gasteiger partial charge is 0.465 e. The van der Waals surface area contributed by atoms with Crippen molar-refractivity contribution in [3.63, 3.8) is 0 Å². The Balaban J connectivity index is 3.43. The van der Waals surface area contributed by atoms with Crippen LogP contribution in [0.5, 0.6) is 0 Å². The molecular weight excluding hydrogens is 180 g/mol. The van der Waals surface area contributed by atoms with Gasteiger partial charge in [-0.1, -0.05) is 33.1 Å². The highest BCUT2D eigenvalue weighted by atomic mass is 16.5. The van der Waals surface area contributed by atoms with E-state index in [1.807, 2.05) is 6.92 Å². The fourth-order valence-electron chi connectivity index (χ4n) is 1.19. The van der Waals surface area contributed by atoms with Crippen molar-refractivity contribution >= 4 is 5.97 Å². The number of ether oxygens (including phenoxy) is 1. The summed E-state index contributed by atoms with van der Waals surface area (Å²) >= 11 is 0.